The summed E-state index contributed by atoms with van der Waals surface area (Å²) in [4.78, 5) is 47.8. The van der Waals surface area contributed by atoms with Crippen LogP contribution in [0.25, 0.3) is 11.3 Å². The van der Waals surface area contributed by atoms with E-state index >= 15 is 0 Å². The zero-order chi connectivity index (χ0) is 24.4. The van der Waals surface area contributed by atoms with Gasteiger partial charge >= 0.3 is 0 Å². The quantitative estimate of drug-likeness (QED) is 0.447. The highest BCUT2D eigenvalue weighted by molar-refractivity contribution is 7.09. The van der Waals surface area contributed by atoms with E-state index in [0.717, 1.165) is 35.9 Å². The molecule has 0 atom stereocenters. The number of aromatic nitrogens is 1. The average molecular weight is 509 g/mol. The molecule has 0 aliphatic carbocycles. The van der Waals surface area contributed by atoms with Gasteiger partial charge in [0, 0.05) is 55.1 Å². The van der Waals surface area contributed by atoms with Gasteiger partial charge < -0.3 is 4.90 Å². The minimum atomic E-state index is -0.270. The number of carbonyl (C=O) groups excluding carboxylic acids is 3. The van der Waals surface area contributed by atoms with Crippen LogP contribution in [-0.4, -0.2) is 70.1 Å². The monoisotopic (exact) mass is 508 g/mol. The SMILES string of the molecule is O=C(CCCN1C(=O)c2ccccc2C1=O)N1CCN(Cc2nc(-c3ccc(Cl)cc3)cs2)CC1. The molecular weight excluding hydrogens is 484 g/mol. The lowest BCUT2D eigenvalue weighted by Crippen LogP contribution is -2.48. The smallest absolute Gasteiger partial charge is 0.261 e. The van der Waals surface area contributed by atoms with E-state index < -0.39 is 0 Å². The van der Waals surface area contributed by atoms with E-state index in [9.17, 15) is 14.4 Å². The van der Waals surface area contributed by atoms with Gasteiger partial charge in [-0.15, -0.1) is 11.3 Å². The number of rotatable bonds is 7. The van der Waals surface area contributed by atoms with Crippen LogP contribution in [0.2, 0.25) is 5.02 Å². The molecule has 35 heavy (non-hydrogen) atoms. The summed E-state index contributed by atoms with van der Waals surface area (Å²) < 4.78 is 0. The molecule has 180 valence electrons. The number of amides is 3. The summed E-state index contributed by atoms with van der Waals surface area (Å²) in [7, 11) is 0. The molecular formula is C26H25ClN4O3S. The van der Waals surface area contributed by atoms with E-state index in [1.807, 2.05) is 29.2 Å². The fourth-order valence-corrected chi connectivity index (χ4v) is 5.44. The fourth-order valence-electron chi connectivity index (χ4n) is 4.47. The molecule has 2 aliphatic heterocycles. The minimum Gasteiger partial charge on any atom is -0.340 e. The molecule has 0 spiro atoms. The van der Waals surface area contributed by atoms with Crippen LogP contribution < -0.4 is 0 Å². The second kappa shape index (κ2) is 10.3. The van der Waals surface area contributed by atoms with E-state index in [-0.39, 0.29) is 24.3 Å². The Bertz CT molecular complexity index is 1220. The second-order valence-corrected chi connectivity index (χ2v) is 10.1. The first-order valence-electron chi connectivity index (χ1n) is 11.7. The number of thiazole rings is 1. The van der Waals surface area contributed by atoms with Gasteiger partial charge in [-0.2, -0.15) is 0 Å². The summed E-state index contributed by atoms with van der Waals surface area (Å²) in [6.45, 7) is 3.95. The maximum atomic E-state index is 12.7. The third-order valence-corrected chi connectivity index (χ3v) is 7.51. The molecule has 0 N–H and O–H groups in total. The highest BCUT2D eigenvalue weighted by atomic mass is 35.5. The molecule has 1 fully saturated rings. The van der Waals surface area contributed by atoms with Crippen LogP contribution in [0.3, 0.4) is 0 Å². The van der Waals surface area contributed by atoms with Crippen LogP contribution in [0.5, 0.6) is 0 Å². The van der Waals surface area contributed by atoms with Crippen LogP contribution in [0.15, 0.2) is 53.9 Å². The number of fused-ring (bicyclic) bond motifs is 1. The van der Waals surface area contributed by atoms with Crippen molar-refractivity contribution >= 4 is 40.7 Å². The van der Waals surface area contributed by atoms with E-state index in [4.69, 9.17) is 16.6 Å². The molecule has 0 unspecified atom stereocenters. The maximum Gasteiger partial charge on any atom is 0.261 e. The summed E-state index contributed by atoms with van der Waals surface area (Å²) in [6.07, 6.45) is 0.793. The predicted octanol–water partition coefficient (Wildman–Crippen LogP) is 4.18. The van der Waals surface area contributed by atoms with Gasteiger partial charge in [0.25, 0.3) is 11.8 Å². The number of piperazine rings is 1. The van der Waals surface area contributed by atoms with Crippen LogP contribution in [0, 0.1) is 0 Å². The molecule has 3 heterocycles. The Hall–Kier alpha value is -3.07. The largest absolute Gasteiger partial charge is 0.340 e. The minimum absolute atomic E-state index is 0.0699. The molecule has 1 saturated heterocycles. The summed E-state index contributed by atoms with van der Waals surface area (Å²) in [5, 5.41) is 3.82. The van der Waals surface area contributed by atoms with Crippen LogP contribution in [-0.2, 0) is 11.3 Å². The van der Waals surface area contributed by atoms with E-state index in [1.54, 1.807) is 35.6 Å². The van der Waals surface area contributed by atoms with Gasteiger partial charge in [-0.05, 0) is 30.7 Å². The van der Waals surface area contributed by atoms with Crippen molar-refractivity contribution in [3.63, 3.8) is 0 Å². The van der Waals surface area contributed by atoms with E-state index in [1.165, 1.54) is 4.90 Å². The van der Waals surface area contributed by atoms with Crippen molar-refractivity contribution in [3.05, 3.63) is 75.1 Å². The molecule has 0 bridgehead atoms. The first-order chi connectivity index (χ1) is 17.0. The lowest BCUT2D eigenvalue weighted by atomic mass is 10.1. The summed E-state index contributed by atoms with van der Waals surface area (Å²) >= 11 is 7.61. The lowest BCUT2D eigenvalue weighted by Gasteiger charge is -2.34. The molecule has 2 aromatic carbocycles. The van der Waals surface area contributed by atoms with Gasteiger partial charge in [-0.3, -0.25) is 24.2 Å². The zero-order valence-electron chi connectivity index (χ0n) is 19.2. The first-order valence-corrected chi connectivity index (χ1v) is 12.9. The highest BCUT2D eigenvalue weighted by Gasteiger charge is 2.34. The normalized spacial score (nSPS) is 16.1. The molecule has 9 heteroatoms. The standard InChI is InChI=1S/C26H25ClN4O3S/c27-19-9-7-18(8-10-19)22-17-35-23(28-22)16-29-12-14-30(15-13-29)24(32)6-3-11-31-25(33)20-4-1-2-5-21(20)26(31)34/h1-2,4-5,7-10,17H,3,6,11-16H2. The molecule has 5 rings (SSSR count). The fraction of sp³-hybridized carbons (Fsp3) is 0.308. The zero-order valence-corrected chi connectivity index (χ0v) is 20.7. The molecule has 1 aromatic heterocycles. The highest BCUT2D eigenvalue weighted by Crippen LogP contribution is 2.25. The van der Waals surface area contributed by atoms with Crippen molar-refractivity contribution in [1.29, 1.82) is 0 Å². The van der Waals surface area contributed by atoms with Gasteiger partial charge in [0.15, 0.2) is 0 Å². The molecule has 7 nitrogen and oxygen atoms in total. The maximum absolute atomic E-state index is 12.7. The topological polar surface area (TPSA) is 73.8 Å². The molecule has 2 aliphatic rings. The Morgan fingerprint density at radius 3 is 2.26 bits per heavy atom. The number of carbonyl (C=O) groups is 3. The average Bonchev–Trinajstić information content (AvgIpc) is 3.43. The van der Waals surface area contributed by atoms with Crippen LogP contribution >= 0.6 is 22.9 Å². The number of hydrogen-bond donors (Lipinski definition) is 0. The van der Waals surface area contributed by atoms with Gasteiger partial charge in [-0.1, -0.05) is 35.9 Å². The van der Waals surface area contributed by atoms with Crippen molar-refractivity contribution in [1.82, 2.24) is 19.7 Å². The number of hydrogen-bond acceptors (Lipinski definition) is 6. The van der Waals surface area contributed by atoms with E-state index in [0.29, 0.717) is 42.1 Å². The predicted molar refractivity (Wildman–Crippen MR) is 135 cm³/mol. The first kappa shape index (κ1) is 23.7. The number of imide groups is 1. The summed E-state index contributed by atoms with van der Waals surface area (Å²) in [5.74, 6) is -0.471. The Balaban J connectivity index is 1.06. The Morgan fingerprint density at radius 2 is 1.60 bits per heavy atom. The molecule has 0 radical (unpaired) electrons. The number of halogens is 1. The Labute approximate surface area is 212 Å². The van der Waals surface area contributed by atoms with Gasteiger partial charge in [0.05, 0.1) is 23.4 Å². The summed E-state index contributed by atoms with van der Waals surface area (Å²) in [5.41, 5.74) is 2.89. The van der Waals surface area contributed by atoms with Gasteiger partial charge in [-0.25, -0.2) is 4.98 Å². The second-order valence-electron chi connectivity index (χ2n) is 8.70. The molecule has 3 amide bonds. The van der Waals surface area contributed by atoms with Gasteiger partial charge in [0.1, 0.15) is 5.01 Å². The lowest BCUT2D eigenvalue weighted by molar-refractivity contribution is -0.133. The van der Waals surface area contributed by atoms with Crippen molar-refractivity contribution in [2.75, 3.05) is 32.7 Å². The number of nitrogens with zero attached hydrogens (tertiary/aromatic N) is 4. The summed E-state index contributed by atoms with van der Waals surface area (Å²) in [6, 6.07) is 14.5. The van der Waals surface area contributed by atoms with Crippen molar-refractivity contribution in [3.8, 4) is 11.3 Å². The van der Waals surface area contributed by atoms with Crippen LogP contribution in [0.4, 0.5) is 0 Å². The molecule has 0 saturated carbocycles. The van der Waals surface area contributed by atoms with E-state index in [2.05, 4.69) is 10.3 Å². The molecule has 3 aromatic rings. The van der Waals surface area contributed by atoms with Crippen molar-refractivity contribution in [2.45, 2.75) is 19.4 Å². The van der Waals surface area contributed by atoms with Gasteiger partial charge in [0.2, 0.25) is 5.91 Å². The van der Waals surface area contributed by atoms with Crippen LogP contribution in [0.1, 0.15) is 38.6 Å². The Kier molecular flexibility index (Phi) is 6.95. The van der Waals surface area contributed by atoms with Crippen molar-refractivity contribution in [2.24, 2.45) is 0 Å². The third kappa shape index (κ3) is 5.15. The van der Waals surface area contributed by atoms with Crippen molar-refractivity contribution < 1.29 is 14.4 Å². The Morgan fingerprint density at radius 1 is 0.943 bits per heavy atom. The third-order valence-electron chi connectivity index (χ3n) is 6.43. The number of benzene rings is 2.